The molecule has 0 spiro atoms. The van der Waals surface area contributed by atoms with E-state index in [9.17, 15) is 18.6 Å². The molecule has 2 atom stereocenters. The first kappa shape index (κ1) is 16.4. The Morgan fingerprint density at radius 1 is 1.26 bits per heavy atom. The quantitative estimate of drug-likeness (QED) is 0.747. The second kappa shape index (κ2) is 6.21. The number of aliphatic hydroxyl groups is 2. The molecule has 124 valence electrons. The molecule has 2 heterocycles. The molecule has 1 aromatic carbocycles. The molecule has 1 aliphatic heterocycles. The summed E-state index contributed by atoms with van der Waals surface area (Å²) < 4.78 is 27.2. The van der Waals surface area contributed by atoms with Crippen molar-refractivity contribution in [1.82, 2.24) is 14.5 Å². The SMILES string of the molecule is O=S(=O)(c1ccc(Cl)cc1)N1[C@H](CO)Cc2[nH]ncc2[C@@H]1CO. The summed E-state index contributed by atoms with van der Waals surface area (Å²) in [5, 5.41) is 26.5. The molecule has 0 aliphatic carbocycles. The Balaban J connectivity index is 2.09. The molecule has 7 nitrogen and oxygen atoms in total. The van der Waals surface area contributed by atoms with Gasteiger partial charge in [0.25, 0.3) is 0 Å². The summed E-state index contributed by atoms with van der Waals surface area (Å²) in [5.74, 6) is 0. The largest absolute Gasteiger partial charge is 0.395 e. The van der Waals surface area contributed by atoms with Crippen LogP contribution in [0.1, 0.15) is 17.3 Å². The van der Waals surface area contributed by atoms with Gasteiger partial charge >= 0.3 is 0 Å². The fourth-order valence-electron chi connectivity index (χ4n) is 2.91. The molecule has 2 aromatic rings. The number of hydrogen-bond donors (Lipinski definition) is 3. The number of nitrogens with zero attached hydrogens (tertiary/aromatic N) is 2. The van der Waals surface area contributed by atoms with Crippen molar-refractivity contribution < 1.29 is 18.6 Å². The average molecular weight is 358 g/mol. The summed E-state index contributed by atoms with van der Waals surface area (Å²) in [7, 11) is -3.91. The summed E-state index contributed by atoms with van der Waals surface area (Å²) in [4.78, 5) is 0.0609. The van der Waals surface area contributed by atoms with Gasteiger partial charge in [-0.05, 0) is 24.3 Å². The highest BCUT2D eigenvalue weighted by Gasteiger charge is 2.42. The number of hydrogen-bond acceptors (Lipinski definition) is 5. The molecule has 3 rings (SSSR count). The van der Waals surface area contributed by atoms with E-state index in [0.29, 0.717) is 17.0 Å². The zero-order valence-electron chi connectivity index (χ0n) is 12.1. The number of aromatic nitrogens is 2. The van der Waals surface area contributed by atoms with E-state index >= 15 is 0 Å². The zero-order valence-corrected chi connectivity index (χ0v) is 13.6. The third kappa shape index (κ3) is 2.77. The van der Waals surface area contributed by atoms with Crippen LogP contribution in [0.25, 0.3) is 0 Å². The van der Waals surface area contributed by atoms with Crippen molar-refractivity contribution >= 4 is 21.6 Å². The number of sulfonamides is 1. The number of aromatic amines is 1. The molecular formula is C14H16ClN3O4S. The average Bonchev–Trinajstić information content (AvgIpc) is 3.01. The molecule has 3 N–H and O–H groups in total. The number of fused-ring (bicyclic) bond motifs is 1. The van der Waals surface area contributed by atoms with Gasteiger partial charge in [0, 0.05) is 22.7 Å². The Kier molecular flexibility index (Phi) is 4.43. The smallest absolute Gasteiger partial charge is 0.244 e. The zero-order chi connectivity index (χ0) is 16.6. The molecule has 0 saturated heterocycles. The third-order valence-electron chi connectivity index (χ3n) is 3.99. The molecule has 23 heavy (non-hydrogen) atoms. The summed E-state index contributed by atoms with van der Waals surface area (Å²) in [6.45, 7) is -0.766. The van der Waals surface area contributed by atoms with Crippen molar-refractivity contribution in [2.45, 2.75) is 23.4 Å². The first-order valence-corrected chi connectivity index (χ1v) is 8.83. The Morgan fingerprint density at radius 2 is 1.96 bits per heavy atom. The standard InChI is InChI=1S/C14H16ClN3O4S/c15-9-1-3-11(4-2-9)23(21,22)18-10(7-19)5-13-12(6-16-17-13)14(18)8-20/h1-4,6,10,14,19-20H,5,7-8H2,(H,16,17)/t10-,14-/m0/s1. The number of H-pyrrole nitrogens is 1. The highest BCUT2D eigenvalue weighted by Crippen LogP contribution is 2.36. The lowest BCUT2D eigenvalue weighted by atomic mass is 9.97. The maximum atomic E-state index is 13.0. The maximum Gasteiger partial charge on any atom is 0.244 e. The molecule has 0 unspecified atom stereocenters. The van der Waals surface area contributed by atoms with Gasteiger partial charge in [-0.15, -0.1) is 0 Å². The summed E-state index contributed by atoms with van der Waals surface area (Å²) >= 11 is 5.81. The second-order valence-corrected chi connectivity index (χ2v) is 7.61. The van der Waals surface area contributed by atoms with Crippen LogP contribution in [0.3, 0.4) is 0 Å². The molecular weight excluding hydrogens is 342 g/mol. The summed E-state index contributed by atoms with van der Waals surface area (Å²) in [6, 6.07) is 4.32. The Labute approximate surface area is 138 Å². The predicted molar refractivity (Wildman–Crippen MR) is 83.5 cm³/mol. The van der Waals surface area contributed by atoms with Crippen molar-refractivity contribution in [3.8, 4) is 0 Å². The van der Waals surface area contributed by atoms with E-state index in [1.807, 2.05) is 0 Å². The van der Waals surface area contributed by atoms with E-state index in [4.69, 9.17) is 11.6 Å². The van der Waals surface area contributed by atoms with Crippen LogP contribution in [0.2, 0.25) is 5.02 Å². The van der Waals surface area contributed by atoms with Crippen LogP contribution in [0.5, 0.6) is 0 Å². The van der Waals surface area contributed by atoms with Gasteiger partial charge in [0.2, 0.25) is 10.0 Å². The van der Waals surface area contributed by atoms with Crippen LogP contribution in [0.15, 0.2) is 35.4 Å². The van der Waals surface area contributed by atoms with Gasteiger partial charge in [0.05, 0.1) is 36.4 Å². The molecule has 1 aromatic heterocycles. The maximum absolute atomic E-state index is 13.0. The Bertz CT molecular complexity index is 791. The van der Waals surface area contributed by atoms with Crippen molar-refractivity contribution in [3.05, 3.63) is 46.7 Å². The first-order chi connectivity index (χ1) is 11.0. The monoisotopic (exact) mass is 357 g/mol. The molecule has 1 aliphatic rings. The topological polar surface area (TPSA) is 107 Å². The fraction of sp³-hybridized carbons (Fsp3) is 0.357. The van der Waals surface area contributed by atoms with Crippen LogP contribution < -0.4 is 0 Å². The number of aliphatic hydroxyl groups excluding tert-OH is 2. The number of rotatable bonds is 4. The summed E-state index contributed by atoms with van der Waals surface area (Å²) in [6.07, 6.45) is 1.81. The van der Waals surface area contributed by atoms with E-state index in [-0.39, 0.29) is 11.5 Å². The Morgan fingerprint density at radius 3 is 2.57 bits per heavy atom. The van der Waals surface area contributed by atoms with Crippen molar-refractivity contribution in [3.63, 3.8) is 0 Å². The first-order valence-electron chi connectivity index (χ1n) is 7.02. The number of nitrogens with one attached hydrogen (secondary N) is 1. The lowest BCUT2D eigenvalue weighted by molar-refractivity contribution is 0.107. The minimum absolute atomic E-state index is 0.0609. The van der Waals surface area contributed by atoms with E-state index in [2.05, 4.69) is 10.2 Å². The van der Waals surface area contributed by atoms with Gasteiger partial charge in [-0.3, -0.25) is 5.10 Å². The third-order valence-corrected chi connectivity index (χ3v) is 6.22. The van der Waals surface area contributed by atoms with Crippen molar-refractivity contribution in [2.75, 3.05) is 13.2 Å². The lowest BCUT2D eigenvalue weighted by Gasteiger charge is -2.39. The van der Waals surface area contributed by atoms with Crippen LogP contribution in [0.4, 0.5) is 0 Å². The molecule has 0 fully saturated rings. The van der Waals surface area contributed by atoms with Gasteiger partial charge in [-0.2, -0.15) is 9.40 Å². The van der Waals surface area contributed by atoms with Crippen molar-refractivity contribution in [2.24, 2.45) is 0 Å². The predicted octanol–water partition coefficient (Wildman–Crippen LogP) is 0.704. The van der Waals surface area contributed by atoms with Gasteiger partial charge in [0.1, 0.15) is 0 Å². The molecule has 0 radical (unpaired) electrons. The van der Waals surface area contributed by atoms with E-state index < -0.39 is 28.7 Å². The van der Waals surface area contributed by atoms with E-state index in [1.165, 1.54) is 30.5 Å². The molecule has 9 heteroatoms. The van der Waals surface area contributed by atoms with Gasteiger partial charge in [0.15, 0.2) is 0 Å². The fourth-order valence-corrected chi connectivity index (χ4v) is 4.80. The van der Waals surface area contributed by atoms with E-state index in [1.54, 1.807) is 0 Å². The van der Waals surface area contributed by atoms with E-state index in [0.717, 1.165) is 10.00 Å². The molecule has 0 amide bonds. The Hall–Kier alpha value is -1.45. The molecule has 0 bridgehead atoms. The van der Waals surface area contributed by atoms with Crippen LogP contribution in [-0.2, 0) is 16.4 Å². The van der Waals surface area contributed by atoms with Gasteiger partial charge < -0.3 is 10.2 Å². The normalized spacial score (nSPS) is 22.0. The second-order valence-electron chi connectivity index (χ2n) is 5.33. The van der Waals surface area contributed by atoms with Crippen LogP contribution in [-0.4, -0.2) is 52.4 Å². The minimum Gasteiger partial charge on any atom is -0.395 e. The lowest BCUT2D eigenvalue weighted by Crippen LogP contribution is -2.49. The highest BCUT2D eigenvalue weighted by molar-refractivity contribution is 7.89. The van der Waals surface area contributed by atoms with Gasteiger partial charge in [-0.25, -0.2) is 8.42 Å². The number of benzene rings is 1. The minimum atomic E-state index is -3.91. The van der Waals surface area contributed by atoms with Gasteiger partial charge in [-0.1, -0.05) is 11.6 Å². The number of halogens is 1. The van der Waals surface area contributed by atoms with Crippen LogP contribution in [0, 0.1) is 0 Å². The van der Waals surface area contributed by atoms with Crippen LogP contribution >= 0.6 is 11.6 Å². The summed E-state index contributed by atoms with van der Waals surface area (Å²) in [5.41, 5.74) is 1.35. The van der Waals surface area contributed by atoms with Crippen molar-refractivity contribution in [1.29, 1.82) is 0 Å². The highest BCUT2D eigenvalue weighted by atomic mass is 35.5. The molecule has 0 saturated carbocycles.